The van der Waals surface area contributed by atoms with Gasteiger partial charge in [0.05, 0.1) is 5.69 Å². The Morgan fingerprint density at radius 2 is 1.44 bits per heavy atom. The Morgan fingerprint density at radius 1 is 0.769 bits per heavy atom. The number of carbonyl (C=O) groups excluding carboxylic acids is 3. The minimum atomic E-state index is -0.643. The van der Waals surface area contributed by atoms with Gasteiger partial charge in [-0.25, -0.2) is 4.90 Å². The second-order valence-electron chi connectivity index (χ2n) is 8.74. The van der Waals surface area contributed by atoms with Crippen molar-refractivity contribution >= 4 is 40.7 Å². The maximum Gasteiger partial charge on any atom is 0.283 e. The Bertz CT molecular complexity index is 1540. The summed E-state index contributed by atoms with van der Waals surface area (Å²) in [6.45, 7) is 0.481. The number of ether oxygens (including phenoxy) is 1. The van der Waals surface area contributed by atoms with E-state index in [4.69, 9.17) is 16.3 Å². The molecule has 0 atom stereocenters. The third-order valence-corrected chi connectivity index (χ3v) is 6.39. The first-order chi connectivity index (χ1) is 19.0. The van der Waals surface area contributed by atoms with Crippen LogP contribution in [0.3, 0.4) is 0 Å². The average molecular weight is 538 g/mol. The molecule has 0 saturated heterocycles. The van der Waals surface area contributed by atoms with Gasteiger partial charge in [0.2, 0.25) is 0 Å². The van der Waals surface area contributed by atoms with Crippen LogP contribution in [0.4, 0.5) is 11.4 Å². The van der Waals surface area contributed by atoms with Crippen molar-refractivity contribution in [3.05, 3.63) is 131 Å². The van der Waals surface area contributed by atoms with Gasteiger partial charge >= 0.3 is 0 Å². The van der Waals surface area contributed by atoms with Crippen LogP contribution in [0, 0.1) is 0 Å². The van der Waals surface area contributed by atoms with Crippen molar-refractivity contribution < 1.29 is 19.1 Å². The summed E-state index contributed by atoms with van der Waals surface area (Å²) >= 11 is 6.29. The summed E-state index contributed by atoms with van der Waals surface area (Å²) in [7, 11) is 0. The first kappa shape index (κ1) is 25.8. The molecule has 5 rings (SSSR count). The molecule has 4 aromatic rings. The van der Waals surface area contributed by atoms with Gasteiger partial charge in [-0.1, -0.05) is 66.2 Å². The van der Waals surface area contributed by atoms with Gasteiger partial charge in [-0.15, -0.1) is 0 Å². The molecule has 0 spiro atoms. The molecule has 0 bridgehead atoms. The first-order valence-corrected chi connectivity index (χ1v) is 12.7. The fourth-order valence-corrected chi connectivity index (χ4v) is 4.30. The van der Waals surface area contributed by atoms with Crippen LogP contribution in [-0.2, 0) is 16.0 Å². The molecular weight excluding hydrogens is 514 g/mol. The number of nitrogens with one attached hydrogen (secondary N) is 2. The molecule has 39 heavy (non-hydrogen) atoms. The monoisotopic (exact) mass is 537 g/mol. The Balaban J connectivity index is 1.24. The van der Waals surface area contributed by atoms with E-state index in [1.165, 1.54) is 0 Å². The zero-order valence-electron chi connectivity index (χ0n) is 20.8. The number of hydrogen-bond acceptors (Lipinski definition) is 5. The molecule has 1 heterocycles. The number of para-hydroxylation sites is 1. The molecular formula is C31H24ClN3O4. The van der Waals surface area contributed by atoms with Crippen LogP contribution in [0.15, 0.2) is 120 Å². The van der Waals surface area contributed by atoms with E-state index in [9.17, 15) is 14.4 Å². The molecule has 0 fully saturated rings. The first-order valence-electron chi connectivity index (χ1n) is 12.3. The lowest BCUT2D eigenvalue weighted by Crippen LogP contribution is -2.32. The zero-order chi connectivity index (χ0) is 27.2. The zero-order valence-corrected chi connectivity index (χ0v) is 21.5. The van der Waals surface area contributed by atoms with Crippen LogP contribution in [0.2, 0.25) is 0 Å². The van der Waals surface area contributed by atoms with Crippen molar-refractivity contribution in [2.75, 3.05) is 16.8 Å². The van der Waals surface area contributed by atoms with Crippen molar-refractivity contribution in [3.63, 3.8) is 0 Å². The highest BCUT2D eigenvalue weighted by molar-refractivity contribution is 6.53. The van der Waals surface area contributed by atoms with E-state index in [0.29, 0.717) is 41.4 Å². The molecule has 8 heteroatoms. The Morgan fingerprint density at radius 3 is 2.15 bits per heavy atom. The summed E-state index contributed by atoms with van der Waals surface area (Å²) in [5.41, 5.74) is 2.28. The smallest absolute Gasteiger partial charge is 0.283 e. The van der Waals surface area contributed by atoms with Gasteiger partial charge in [0, 0.05) is 17.8 Å². The van der Waals surface area contributed by atoms with Crippen molar-refractivity contribution in [1.82, 2.24) is 5.32 Å². The highest BCUT2D eigenvalue weighted by Crippen LogP contribution is 2.32. The van der Waals surface area contributed by atoms with Gasteiger partial charge in [-0.2, -0.15) is 0 Å². The van der Waals surface area contributed by atoms with Crippen LogP contribution in [0.25, 0.3) is 0 Å². The summed E-state index contributed by atoms with van der Waals surface area (Å²) < 4.78 is 5.78. The SMILES string of the molecule is O=C(NCCc1ccccc1)c1cccc(NC2=C(Cl)C(=O)N(c3ccc(Oc4ccccc4)cc3)C2=O)c1. The van der Waals surface area contributed by atoms with E-state index in [1.807, 2.05) is 60.7 Å². The van der Waals surface area contributed by atoms with E-state index < -0.39 is 11.8 Å². The Hall–Kier alpha value is -4.88. The number of rotatable bonds is 9. The van der Waals surface area contributed by atoms with Crippen molar-refractivity contribution in [2.45, 2.75) is 6.42 Å². The summed E-state index contributed by atoms with van der Waals surface area (Å²) in [6.07, 6.45) is 0.707. The van der Waals surface area contributed by atoms with E-state index in [2.05, 4.69) is 10.6 Å². The third-order valence-electron chi connectivity index (χ3n) is 6.04. The van der Waals surface area contributed by atoms with Gasteiger partial charge in [-0.05, 0) is 66.6 Å². The predicted octanol–water partition coefficient (Wildman–Crippen LogP) is 5.89. The molecule has 0 radical (unpaired) electrons. The van der Waals surface area contributed by atoms with E-state index in [1.54, 1.807) is 48.5 Å². The van der Waals surface area contributed by atoms with E-state index in [0.717, 1.165) is 10.5 Å². The standard InChI is InChI=1S/C31H24ClN3O4/c32-27-28(34-23-11-7-10-22(20-23)29(36)33-19-18-21-8-3-1-4-9-21)31(38)35(30(27)37)24-14-16-26(17-15-24)39-25-12-5-2-6-13-25/h1-17,20,34H,18-19H2,(H,33,36). The lowest BCUT2D eigenvalue weighted by molar-refractivity contribution is -0.120. The van der Waals surface area contributed by atoms with Gasteiger partial charge < -0.3 is 15.4 Å². The molecule has 0 unspecified atom stereocenters. The number of nitrogens with zero attached hydrogens (tertiary/aromatic N) is 1. The second kappa shape index (κ2) is 11.7. The van der Waals surface area contributed by atoms with Crippen LogP contribution in [0.5, 0.6) is 11.5 Å². The maximum absolute atomic E-state index is 13.2. The number of benzene rings is 4. The molecule has 1 aliphatic rings. The number of anilines is 2. The van der Waals surface area contributed by atoms with Crippen molar-refractivity contribution in [2.24, 2.45) is 0 Å². The number of amides is 3. The minimum absolute atomic E-state index is 0.0621. The molecule has 4 aromatic carbocycles. The average Bonchev–Trinajstić information content (AvgIpc) is 3.17. The molecule has 0 aliphatic carbocycles. The lowest BCUT2D eigenvalue weighted by atomic mass is 10.1. The predicted molar refractivity (Wildman–Crippen MR) is 151 cm³/mol. The molecule has 2 N–H and O–H groups in total. The number of halogens is 1. The van der Waals surface area contributed by atoms with Gasteiger partial charge in [0.1, 0.15) is 22.2 Å². The van der Waals surface area contributed by atoms with Crippen molar-refractivity contribution in [1.29, 1.82) is 0 Å². The number of hydrogen-bond donors (Lipinski definition) is 2. The Labute approximate surface area is 230 Å². The number of carbonyl (C=O) groups is 3. The third kappa shape index (κ3) is 6.00. The van der Waals surface area contributed by atoms with E-state index in [-0.39, 0.29) is 16.6 Å². The molecule has 0 aromatic heterocycles. The van der Waals surface area contributed by atoms with Gasteiger partial charge in [0.25, 0.3) is 17.7 Å². The summed E-state index contributed by atoms with van der Waals surface area (Å²) in [5.74, 6) is -0.264. The second-order valence-corrected chi connectivity index (χ2v) is 9.12. The van der Waals surface area contributed by atoms with Crippen LogP contribution < -0.4 is 20.3 Å². The summed E-state index contributed by atoms with van der Waals surface area (Å²) in [5, 5.41) is 5.59. The fourth-order valence-electron chi connectivity index (χ4n) is 4.08. The topological polar surface area (TPSA) is 87.7 Å². The van der Waals surface area contributed by atoms with Gasteiger partial charge in [-0.3, -0.25) is 14.4 Å². The minimum Gasteiger partial charge on any atom is -0.457 e. The highest BCUT2D eigenvalue weighted by atomic mass is 35.5. The fraction of sp³-hybridized carbons (Fsp3) is 0.0645. The van der Waals surface area contributed by atoms with Crippen LogP contribution in [0.1, 0.15) is 15.9 Å². The lowest BCUT2D eigenvalue weighted by Gasteiger charge is -2.16. The quantitative estimate of drug-likeness (QED) is 0.260. The summed E-state index contributed by atoms with van der Waals surface area (Å²) in [4.78, 5) is 39.7. The molecule has 194 valence electrons. The molecule has 1 aliphatic heterocycles. The highest BCUT2D eigenvalue weighted by Gasteiger charge is 2.39. The maximum atomic E-state index is 13.2. The van der Waals surface area contributed by atoms with Crippen molar-refractivity contribution in [3.8, 4) is 11.5 Å². The number of imide groups is 1. The summed E-state index contributed by atoms with van der Waals surface area (Å²) in [6, 6.07) is 32.3. The molecule has 0 saturated carbocycles. The van der Waals surface area contributed by atoms with Crippen LogP contribution in [-0.4, -0.2) is 24.3 Å². The van der Waals surface area contributed by atoms with Gasteiger partial charge in [0.15, 0.2) is 0 Å². The van der Waals surface area contributed by atoms with E-state index >= 15 is 0 Å². The molecule has 3 amide bonds. The molecule has 7 nitrogen and oxygen atoms in total. The Kier molecular flexibility index (Phi) is 7.70. The normalized spacial score (nSPS) is 13.0. The van der Waals surface area contributed by atoms with Crippen LogP contribution >= 0.6 is 11.6 Å². The largest absolute Gasteiger partial charge is 0.457 e.